The van der Waals surface area contributed by atoms with Crippen LogP contribution in [0.15, 0.2) is 65.3 Å². The molecule has 2 aromatic heterocycles. The summed E-state index contributed by atoms with van der Waals surface area (Å²) >= 11 is 15.7. The Hall–Kier alpha value is -2.28. The molecule has 0 amide bonds. The van der Waals surface area contributed by atoms with Gasteiger partial charge >= 0.3 is 0 Å². The van der Waals surface area contributed by atoms with Crippen LogP contribution in [-0.2, 0) is 19.5 Å². The molecule has 0 fully saturated rings. The highest BCUT2D eigenvalue weighted by atomic mass is 79.9. The second-order valence-corrected chi connectivity index (χ2v) is 8.86. The van der Waals surface area contributed by atoms with Gasteiger partial charge < -0.3 is 9.88 Å². The highest BCUT2D eigenvalue weighted by molar-refractivity contribution is 9.10. The fraction of sp³-hybridized carbons (Fsp3) is 0.182. The fourth-order valence-electron chi connectivity index (χ4n) is 3.35. The second-order valence-electron chi connectivity index (χ2n) is 7.07. The number of aromatic amines is 1. The topological polar surface area (TPSA) is 49.7 Å². The second kappa shape index (κ2) is 9.25. The molecule has 0 aliphatic rings. The minimum atomic E-state index is 0.675. The standard InChI is InChI=1S/C22H20BrCl2N5/c1-29(14-16-3-2-4-19(25)11-16)22-28-27-21(20-12-17(23)13-26-20)30(22)10-9-15-5-7-18(24)8-6-15/h2-8,11-13,26H,9-10,14H2,1H3. The monoisotopic (exact) mass is 503 g/mol. The Balaban J connectivity index is 1.63. The maximum absolute atomic E-state index is 6.15. The SMILES string of the molecule is CN(Cc1cccc(Cl)c1)c1nnc(-c2cc(Br)c[nH]2)n1CCc1ccc(Cl)cc1. The van der Waals surface area contributed by atoms with Gasteiger partial charge in [-0.25, -0.2) is 0 Å². The molecule has 0 saturated heterocycles. The quantitative estimate of drug-likeness (QED) is 0.325. The molecular weight excluding hydrogens is 485 g/mol. The Morgan fingerprint density at radius 1 is 1.00 bits per heavy atom. The number of nitrogens with one attached hydrogen (secondary N) is 1. The van der Waals surface area contributed by atoms with Gasteiger partial charge in [-0.15, -0.1) is 10.2 Å². The zero-order valence-corrected chi connectivity index (χ0v) is 19.4. The van der Waals surface area contributed by atoms with Crippen molar-refractivity contribution < 1.29 is 0 Å². The van der Waals surface area contributed by atoms with Crippen LogP contribution in [0.5, 0.6) is 0 Å². The van der Waals surface area contributed by atoms with Crippen molar-refractivity contribution in [2.75, 3.05) is 11.9 Å². The molecule has 154 valence electrons. The summed E-state index contributed by atoms with van der Waals surface area (Å²) < 4.78 is 3.11. The van der Waals surface area contributed by atoms with Gasteiger partial charge in [0.1, 0.15) is 0 Å². The molecule has 0 spiro atoms. The van der Waals surface area contributed by atoms with Gasteiger partial charge in [0.15, 0.2) is 5.82 Å². The summed E-state index contributed by atoms with van der Waals surface area (Å²) in [6, 6.07) is 17.8. The number of rotatable bonds is 7. The lowest BCUT2D eigenvalue weighted by atomic mass is 10.1. The molecule has 30 heavy (non-hydrogen) atoms. The van der Waals surface area contributed by atoms with Gasteiger partial charge in [-0.3, -0.25) is 4.57 Å². The van der Waals surface area contributed by atoms with Crippen molar-refractivity contribution in [3.63, 3.8) is 0 Å². The third-order valence-corrected chi connectivity index (χ3v) is 5.75. The number of aromatic nitrogens is 4. The molecule has 5 nitrogen and oxygen atoms in total. The molecule has 0 radical (unpaired) electrons. The number of H-pyrrole nitrogens is 1. The van der Waals surface area contributed by atoms with Crippen molar-refractivity contribution in [1.82, 2.24) is 19.7 Å². The number of hydrogen-bond acceptors (Lipinski definition) is 3. The molecule has 0 aliphatic heterocycles. The summed E-state index contributed by atoms with van der Waals surface area (Å²) in [5.74, 6) is 1.59. The molecule has 2 heterocycles. The van der Waals surface area contributed by atoms with Crippen molar-refractivity contribution in [3.05, 3.63) is 86.4 Å². The number of nitrogens with zero attached hydrogens (tertiary/aromatic N) is 4. The van der Waals surface area contributed by atoms with E-state index in [-0.39, 0.29) is 0 Å². The van der Waals surface area contributed by atoms with E-state index in [9.17, 15) is 0 Å². The van der Waals surface area contributed by atoms with E-state index in [1.54, 1.807) is 0 Å². The predicted molar refractivity (Wildman–Crippen MR) is 126 cm³/mol. The van der Waals surface area contributed by atoms with E-state index in [0.717, 1.165) is 50.5 Å². The number of benzene rings is 2. The van der Waals surface area contributed by atoms with Gasteiger partial charge in [0.25, 0.3) is 0 Å². The normalized spacial score (nSPS) is 11.1. The van der Waals surface area contributed by atoms with Crippen LogP contribution in [-0.4, -0.2) is 26.8 Å². The van der Waals surface area contributed by atoms with E-state index in [4.69, 9.17) is 23.2 Å². The Morgan fingerprint density at radius 3 is 2.50 bits per heavy atom. The molecular formula is C22H20BrCl2N5. The zero-order chi connectivity index (χ0) is 21.1. The van der Waals surface area contributed by atoms with E-state index >= 15 is 0 Å². The van der Waals surface area contributed by atoms with Crippen molar-refractivity contribution in [2.24, 2.45) is 0 Å². The lowest BCUT2D eigenvalue weighted by Gasteiger charge is -2.20. The third kappa shape index (κ3) is 4.89. The van der Waals surface area contributed by atoms with Gasteiger partial charge in [0.2, 0.25) is 5.95 Å². The Morgan fingerprint density at radius 2 is 1.80 bits per heavy atom. The molecule has 2 aromatic carbocycles. The lowest BCUT2D eigenvalue weighted by Crippen LogP contribution is -2.21. The smallest absolute Gasteiger partial charge is 0.227 e. The number of hydrogen-bond donors (Lipinski definition) is 1. The van der Waals surface area contributed by atoms with Crippen LogP contribution in [0.2, 0.25) is 10.0 Å². The van der Waals surface area contributed by atoms with Crippen molar-refractivity contribution in [2.45, 2.75) is 19.5 Å². The average Bonchev–Trinajstić information content (AvgIpc) is 3.33. The molecule has 0 bridgehead atoms. The number of aryl methyl sites for hydroxylation is 1. The van der Waals surface area contributed by atoms with Crippen LogP contribution in [0.1, 0.15) is 11.1 Å². The third-order valence-electron chi connectivity index (χ3n) is 4.81. The van der Waals surface area contributed by atoms with Gasteiger partial charge in [0, 0.05) is 40.9 Å². The Labute approximate surface area is 193 Å². The zero-order valence-electron chi connectivity index (χ0n) is 16.3. The van der Waals surface area contributed by atoms with Crippen LogP contribution in [0.3, 0.4) is 0 Å². The van der Waals surface area contributed by atoms with E-state index in [2.05, 4.69) is 46.6 Å². The maximum atomic E-state index is 6.15. The number of halogens is 3. The summed E-state index contributed by atoms with van der Waals surface area (Å²) in [6.45, 7) is 1.41. The molecule has 8 heteroatoms. The minimum Gasteiger partial charge on any atom is -0.358 e. The fourth-order valence-corrected chi connectivity index (χ4v) is 4.03. The predicted octanol–water partition coefficient (Wildman–Crippen LogP) is 6.22. The van der Waals surface area contributed by atoms with E-state index in [1.165, 1.54) is 5.56 Å². The Kier molecular flexibility index (Phi) is 6.46. The van der Waals surface area contributed by atoms with Gasteiger partial charge in [-0.2, -0.15) is 0 Å². The summed E-state index contributed by atoms with van der Waals surface area (Å²) in [5, 5.41) is 10.4. The average molecular weight is 505 g/mol. The molecule has 0 aliphatic carbocycles. The first-order valence-corrected chi connectivity index (χ1v) is 11.0. The van der Waals surface area contributed by atoms with Crippen LogP contribution < -0.4 is 4.90 Å². The van der Waals surface area contributed by atoms with Crippen LogP contribution >= 0.6 is 39.1 Å². The van der Waals surface area contributed by atoms with Crippen molar-refractivity contribution in [3.8, 4) is 11.5 Å². The van der Waals surface area contributed by atoms with E-state index in [1.807, 2.05) is 61.8 Å². The molecule has 4 aromatic rings. The first-order valence-electron chi connectivity index (χ1n) is 9.47. The molecule has 0 unspecified atom stereocenters. The maximum Gasteiger partial charge on any atom is 0.227 e. The van der Waals surface area contributed by atoms with Gasteiger partial charge in [-0.05, 0) is 63.8 Å². The summed E-state index contributed by atoms with van der Waals surface area (Å²) in [4.78, 5) is 5.34. The minimum absolute atomic E-state index is 0.675. The Bertz CT molecular complexity index is 1140. The highest BCUT2D eigenvalue weighted by Crippen LogP contribution is 2.26. The van der Waals surface area contributed by atoms with Crippen LogP contribution in [0.4, 0.5) is 5.95 Å². The molecule has 4 rings (SSSR count). The van der Waals surface area contributed by atoms with Gasteiger partial charge in [0.05, 0.1) is 5.69 Å². The first-order chi connectivity index (χ1) is 14.5. The first kappa shape index (κ1) is 21.0. The molecule has 0 atom stereocenters. The van der Waals surface area contributed by atoms with Crippen LogP contribution in [0.25, 0.3) is 11.5 Å². The molecule has 0 saturated carbocycles. The van der Waals surface area contributed by atoms with Gasteiger partial charge in [-0.1, -0.05) is 47.5 Å². The summed E-state index contributed by atoms with van der Waals surface area (Å²) in [7, 11) is 2.01. The van der Waals surface area contributed by atoms with Crippen molar-refractivity contribution in [1.29, 1.82) is 0 Å². The number of anilines is 1. The molecule has 1 N–H and O–H groups in total. The largest absolute Gasteiger partial charge is 0.358 e. The van der Waals surface area contributed by atoms with E-state index < -0.39 is 0 Å². The van der Waals surface area contributed by atoms with E-state index in [0.29, 0.717) is 6.54 Å². The van der Waals surface area contributed by atoms with Crippen molar-refractivity contribution >= 4 is 45.1 Å². The van der Waals surface area contributed by atoms with Crippen LogP contribution in [0, 0.1) is 0 Å². The summed E-state index contributed by atoms with van der Waals surface area (Å²) in [6.07, 6.45) is 2.73. The highest BCUT2D eigenvalue weighted by Gasteiger charge is 2.18. The summed E-state index contributed by atoms with van der Waals surface area (Å²) in [5.41, 5.74) is 3.23. The lowest BCUT2D eigenvalue weighted by molar-refractivity contribution is 0.680.